The Morgan fingerprint density at radius 3 is 2.65 bits per heavy atom. The lowest BCUT2D eigenvalue weighted by Crippen LogP contribution is -2.34. The molecule has 1 aliphatic carbocycles. The average Bonchev–Trinajstić information content (AvgIpc) is 3.21. The van der Waals surface area contributed by atoms with Crippen LogP contribution in [0.3, 0.4) is 0 Å². The van der Waals surface area contributed by atoms with Crippen LogP contribution in [0.15, 0.2) is 24.3 Å². The predicted molar refractivity (Wildman–Crippen MR) is 96.4 cm³/mol. The number of nitrogens with zero attached hydrogens (tertiary/aromatic N) is 3. The van der Waals surface area contributed by atoms with Crippen molar-refractivity contribution in [1.29, 1.82) is 0 Å². The molecule has 7 heteroatoms. The normalized spacial score (nSPS) is 19.7. The van der Waals surface area contributed by atoms with Crippen LogP contribution in [0.2, 0.25) is 0 Å². The van der Waals surface area contributed by atoms with Crippen molar-refractivity contribution in [3.8, 4) is 5.69 Å². The van der Waals surface area contributed by atoms with Crippen LogP contribution in [-0.4, -0.2) is 37.8 Å². The van der Waals surface area contributed by atoms with Crippen molar-refractivity contribution in [2.75, 3.05) is 0 Å². The lowest BCUT2D eigenvalue weighted by Gasteiger charge is -2.13. The summed E-state index contributed by atoms with van der Waals surface area (Å²) in [6.07, 6.45) is 1.71. The van der Waals surface area contributed by atoms with Crippen LogP contribution in [-0.2, 0) is 4.79 Å². The molecule has 7 nitrogen and oxygen atoms in total. The fourth-order valence-corrected chi connectivity index (χ4v) is 3.47. The summed E-state index contributed by atoms with van der Waals surface area (Å²) in [6.45, 7) is 6.03. The highest BCUT2D eigenvalue weighted by Gasteiger charge is 2.31. The fourth-order valence-electron chi connectivity index (χ4n) is 3.47. The molecule has 138 valence electrons. The standard InChI is InChI=1S/C19H24N4O3/c1-11(2)15-6-4-5-7-16(15)23-12(3)20-17(22-23)18(24)21-14-9-8-13(10-14)19(25)26/h4-7,11,13-14H,8-10H2,1-3H3,(H,21,24)(H,25,26)/t13-,14+/m1/s1. The molecule has 0 bridgehead atoms. The summed E-state index contributed by atoms with van der Waals surface area (Å²) in [4.78, 5) is 27.9. The summed E-state index contributed by atoms with van der Waals surface area (Å²) in [6, 6.07) is 7.79. The van der Waals surface area contributed by atoms with Crippen LogP contribution < -0.4 is 5.32 Å². The van der Waals surface area contributed by atoms with Crippen molar-refractivity contribution in [2.24, 2.45) is 5.92 Å². The number of carbonyl (C=O) groups excluding carboxylic acids is 1. The van der Waals surface area contributed by atoms with Gasteiger partial charge in [-0.25, -0.2) is 9.67 Å². The molecule has 1 saturated carbocycles. The molecule has 1 heterocycles. The quantitative estimate of drug-likeness (QED) is 0.858. The number of hydrogen-bond acceptors (Lipinski definition) is 4. The maximum atomic E-state index is 12.5. The number of aryl methyl sites for hydroxylation is 1. The first-order chi connectivity index (χ1) is 12.4. The zero-order chi connectivity index (χ0) is 18.8. The topological polar surface area (TPSA) is 97.1 Å². The van der Waals surface area contributed by atoms with Crippen molar-refractivity contribution < 1.29 is 14.7 Å². The zero-order valence-corrected chi connectivity index (χ0v) is 15.3. The molecular weight excluding hydrogens is 332 g/mol. The molecule has 1 aromatic heterocycles. The Labute approximate surface area is 152 Å². The number of aliphatic carboxylic acids is 1. The SMILES string of the molecule is Cc1nc(C(=O)N[C@H]2CC[C@@H](C(=O)O)C2)nn1-c1ccccc1C(C)C. The van der Waals surface area contributed by atoms with E-state index in [1.807, 2.05) is 31.2 Å². The molecule has 1 fully saturated rings. The Morgan fingerprint density at radius 1 is 1.27 bits per heavy atom. The number of carbonyl (C=O) groups is 2. The lowest BCUT2D eigenvalue weighted by molar-refractivity contribution is -0.141. The van der Waals surface area contributed by atoms with E-state index in [0.29, 0.717) is 31.0 Å². The third-order valence-electron chi connectivity index (χ3n) is 4.88. The second kappa shape index (κ2) is 7.27. The van der Waals surface area contributed by atoms with Gasteiger partial charge in [-0.2, -0.15) is 0 Å². The maximum absolute atomic E-state index is 12.5. The molecule has 2 aromatic rings. The van der Waals surface area contributed by atoms with Gasteiger partial charge < -0.3 is 10.4 Å². The van der Waals surface area contributed by atoms with Crippen molar-refractivity contribution in [3.63, 3.8) is 0 Å². The van der Waals surface area contributed by atoms with Gasteiger partial charge in [0.05, 0.1) is 11.6 Å². The van der Waals surface area contributed by atoms with Gasteiger partial charge in [0.15, 0.2) is 0 Å². The minimum absolute atomic E-state index is 0.111. The van der Waals surface area contributed by atoms with Gasteiger partial charge in [0.25, 0.3) is 5.91 Å². The molecule has 0 radical (unpaired) electrons. The van der Waals surface area contributed by atoms with E-state index in [2.05, 4.69) is 29.2 Å². The number of carboxylic acids is 1. The van der Waals surface area contributed by atoms with Gasteiger partial charge in [0.1, 0.15) is 5.82 Å². The van der Waals surface area contributed by atoms with E-state index in [0.717, 1.165) is 11.3 Å². The van der Waals surface area contributed by atoms with Crippen molar-refractivity contribution in [3.05, 3.63) is 41.5 Å². The minimum atomic E-state index is -0.801. The van der Waals surface area contributed by atoms with Crippen molar-refractivity contribution in [2.45, 2.75) is 52.0 Å². The average molecular weight is 356 g/mol. The largest absolute Gasteiger partial charge is 0.481 e. The van der Waals surface area contributed by atoms with Gasteiger partial charge in [-0.15, -0.1) is 5.10 Å². The zero-order valence-electron chi connectivity index (χ0n) is 15.3. The van der Waals surface area contributed by atoms with Crippen molar-refractivity contribution >= 4 is 11.9 Å². The van der Waals surface area contributed by atoms with Gasteiger partial charge in [-0.1, -0.05) is 32.0 Å². The van der Waals surface area contributed by atoms with Gasteiger partial charge in [0.2, 0.25) is 5.82 Å². The van der Waals surface area contributed by atoms with Gasteiger partial charge >= 0.3 is 5.97 Å². The Hall–Kier alpha value is -2.70. The highest BCUT2D eigenvalue weighted by molar-refractivity contribution is 5.90. The molecule has 1 amide bonds. The number of aromatic nitrogens is 3. The fraction of sp³-hybridized carbons (Fsp3) is 0.474. The Bertz CT molecular complexity index is 828. The van der Waals surface area contributed by atoms with E-state index in [4.69, 9.17) is 5.11 Å². The van der Waals surface area contributed by atoms with Crippen LogP contribution in [0.5, 0.6) is 0 Å². The molecule has 0 unspecified atom stereocenters. The summed E-state index contributed by atoms with van der Waals surface area (Å²) in [7, 11) is 0. The highest BCUT2D eigenvalue weighted by atomic mass is 16.4. The van der Waals surface area contributed by atoms with Crippen LogP contribution in [0.1, 0.15) is 61.0 Å². The smallest absolute Gasteiger partial charge is 0.306 e. The maximum Gasteiger partial charge on any atom is 0.306 e. The Kier molecular flexibility index (Phi) is 5.06. The highest BCUT2D eigenvalue weighted by Crippen LogP contribution is 2.26. The minimum Gasteiger partial charge on any atom is -0.481 e. The summed E-state index contributed by atoms with van der Waals surface area (Å²) in [5.41, 5.74) is 2.05. The molecule has 2 N–H and O–H groups in total. The summed E-state index contributed by atoms with van der Waals surface area (Å²) in [5, 5.41) is 16.3. The van der Waals surface area contributed by atoms with Crippen LogP contribution in [0, 0.1) is 12.8 Å². The third kappa shape index (κ3) is 3.61. The number of amides is 1. The van der Waals surface area contributed by atoms with E-state index < -0.39 is 5.97 Å². The van der Waals surface area contributed by atoms with E-state index in [-0.39, 0.29) is 23.7 Å². The number of benzene rings is 1. The number of hydrogen-bond donors (Lipinski definition) is 2. The van der Waals surface area contributed by atoms with Crippen molar-refractivity contribution in [1.82, 2.24) is 20.1 Å². The first kappa shape index (κ1) is 18.1. The third-order valence-corrected chi connectivity index (χ3v) is 4.88. The summed E-state index contributed by atoms with van der Waals surface area (Å²) in [5.74, 6) is -0.475. The molecule has 3 rings (SSSR count). The molecule has 1 aliphatic rings. The molecule has 0 aliphatic heterocycles. The summed E-state index contributed by atoms with van der Waals surface area (Å²) >= 11 is 0. The van der Waals surface area contributed by atoms with Gasteiger partial charge in [-0.05, 0) is 43.7 Å². The Balaban J connectivity index is 1.78. The van der Waals surface area contributed by atoms with Crippen LogP contribution >= 0.6 is 0 Å². The van der Waals surface area contributed by atoms with Crippen LogP contribution in [0.25, 0.3) is 5.69 Å². The predicted octanol–water partition coefficient (Wildman–Crippen LogP) is 2.68. The van der Waals surface area contributed by atoms with E-state index in [9.17, 15) is 9.59 Å². The number of carboxylic acid groups (broad SMARTS) is 1. The molecule has 0 spiro atoms. The second-order valence-corrected chi connectivity index (χ2v) is 7.13. The summed E-state index contributed by atoms with van der Waals surface area (Å²) < 4.78 is 1.69. The lowest BCUT2D eigenvalue weighted by atomic mass is 10.0. The first-order valence-electron chi connectivity index (χ1n) is 8.93. The number of rotatable bonds is 5. The van der Waals surface area contributed by atoms with Gasteiger partial charge in [-0.3, -0.25) is 9.59 Å². The number of nitrogens with one attached hydrogen (secondary N) is 1. The van der Waals surface area contributed by atoms with E-state index in [1.54, 1.807) is 4.68 Å². The molecule has 2 atom stereocenters. The molecule has 26 heavy (non-hydrogen) atoms. The second-order valence-electron chi connectivity index (χ2n) is 7.13. The van der Waals surface area contributed by atoms with E-state index in [1.165, 1.54) is 0 Å². The molecule has 0 saturated heterocycles. The molecule has 1 aromatic carbocycles. The van der Waals surface area contributed by atoms with Crippen LogP contribution in [0.4, 0.5) is 0 Å². The van der Waals surface area contributed by atoms with Gasteiger partial charge in [0, 0.05) is 6.04 Å². The molecular formula is C19H24N4O3. The number of para-hydroxylation sites is 1. The first-order valence-corrected chi connectivity index (χ1v) is 8.93. The Morgan fingerprint density at radius 2 is 2.00 bits per heavy atom. The monoisotopic (exact) mass is 356 g/mol. The van der Waals surface area contributed by atoms with E-state index >= 15 is 0 Å².